The summed E-state index contributed by atoms with van der Waals surface area (Å²) in [6, 6.07) is 5.77. The molecule has 0 radical (unpaired) electrons. The molecule has 0 spiro atoms. The minimum atomic E-state index is -0.211. The number of hydrogen-bond donors (Lipinski definition) is 1. The first-order chi connectivity index (χ1) is 8.49. The molecule has 0 fully saturated rings. The molecule has 1 aromatic heterocycles. The van der Waals surface area contributed by atoms with Gasteiger partial charge in [-0.15, -0.1) is 0 Å². The summed E-state index contributed by atoms with van der Waals surface area (Å²) in [5, 5.41) is 6.62. The van der Waals surface area contributed by atoms with Crippen LogP contribution < -0.4 is 5.32 Å². The monoisotopic (exact) mass is 308 g/mol. The topological polar surface area (TPSA) is 55.1 Å². The second kappa shape index (κ2) is 4.94. The maximum atomic E-state index is 12.1. The van der Waals surface area contributed by atoms with Crippen molar-refractivity contribution < 1.29 is 9.32 Å². The highest BCUT2D eigenvalue weighted by molar-refractivity contribution is 9.10. The first-order valence-corrected chi connectivity index (χ1v) is 6.28. The molecule has 94 valence electrons. The average molecular weight is 309 g/mol. The van der Waals surface area contributed by atoms with Crippen LogP contribution in [0.15, 0.2) is 27.2 Å². The second-order valence-corrected chi connectivity index (χ2v) is 4.99. The molecule has 0 aliphatic carbocycles. The van der Waals surface area contributed by atoms with E-state index >= 15 is 0 Å². The maximum Gasteiger partial charge on any atom is 0.261 e. The number of nitrogens with zero attached hydrogens (tertiary/aromatic N) is 1. The Labute approximate surface area is 113 Å². The normalized spacial score (nSPS) is 10.4. The Kier molecular flexibility index (Phi) is 3.52. The van der Waals surface area contributed by atoms with Crippen molar-refractivity contribution in [2.45, 2.75) is 20.8 Å². The van der Waals surface area contributed by atoms with Crippen LogP contribution in [0.2, 0.25) is 0 Å². The van der Waals surface area contributed by atoms with Gasteiger partial charge in [0.15, 0.2) is 0 Å². The Hall–Kier alpha value is -1.62. The van der Waals surface area contributed by atoms with Gasteiger partial charge in [0.2, 0.25) is 0 Å². The Morgan fingerprint density at radius 1 is 1.33 bits per heavy atom. The highest BCUT2D eigenvalue weighted by Crippen LogP contribution is 2.24. The number of carbonyl (C=O) groups excluding carboxylic acids is 1. The summed E-state index contributed by atoms with van der Waals surface area (Å²) >= 11 is 3.41. The number of aryl methyl sites for hydroxylation is 3. The van der Waals surface area contributed by atoms with Crippen molar-refractivity contribution in [1.82, 2.24) is 5.16 Å². The van der Waals surface area contributed by atoms with Crippen molar-refractivity contribution in [3.8, 4) is 0 Å². The Balaban J connectivity index is 2.30. The van der Waals surface area contributed by atoms with Crippen molar-refractivity contribution in [2.75, 3.05) is 5.32 Å². The van der Waals surface area contributed by atoms with Crippen LogP contribution in [0.5, 0.6) is 0 Å². The maximum absolute atomic E-state index is 12.1. The van der Waals surface area contributed by atoms with Crippen LogP contribution in [0, 0.1) is 20.8 Å². The minimum absolute atomic E-state index is 0.211. The molecule has 2 rings (SSSR count). The molecule has 4 nitrogen and oxygen atoms in total. The number of amides is 1. The lowest BCUT2D eigenvalue weighted by Crippen LogP contribution is -2.14. The summed E-state index contributed by atoms with van der Waals surface area (Å²) in [5.74, 6) is 0.311. The smallest absolute Gasteiger partial charge is 0.261 e. The van der Waals surface area contributed by atoms with Crippen LogP contribution in [0.3, 0.4) is 0 Å². The predicted molar refractivity (Wildman–Crippen MR) is 72.8 cm³/mol. The molecule has 1 N–H and O–H groups in total. The summed E-state index contributed by atoms with van der Waals surface area (Å²) < 4.78 is 5.83. The lowest BCUT2D eigenvalue weighted by molar-refractivity contribution is 0.102. The van der Waals surface area contributed by atoms with E-state index < -0.39 is 0 Å². The third kappa shape index (κ3) is 2.46. The third-order valence-corrected chi connectivity index (χ3v) is 3.32. The number of aromatic nitrogens is 1. The van der Waals surface area contributed by atoms with Gasteiger partial charge in [-0.3, -0.25) is 4.79 Å². The fraction of sp³-hybridized carbons (Fsp3) is 0.231. The number of halogens is 1. The predicted octanol–water partition coefficient (Wildman–Crippen LogP) is 3.61. The first kappa shape index (κ1) is 12.8. The van der Waals surface area contributed by atoms with E-state index in [0.717, 1.165) is 15.7 Å². The molecule has 0 saturated heterocycles. The van der Waals surface area contributed by atoms with Gasteiger partial charge in [-0.1, -0.05) is 11.2 Å². The molecular weight excluding hydrogens is 296 g/mol. The molecule has 0 unspecified atom stereocenters. The summed E-state index contributed by atoms with van der Waals surface area (Å²) in [4.78, 5) is 12.1. The van der Waals surface area contributed by atoms with Crippen molar-refractivity contribution in [2.24, 2.45) is 0 Å². The zero-order valence-corrected chi connectivity index (χ0v) is 12.0. The Morgan fingerprint density at radius 2 is 2.06 bits per heavy atom. The molecule has 0 bridgehead atoms. The van der Waals surface area contributed by atoms with Gasteiger partial charge < -0.3 is 9.84 Å². The molecule has 1 heterocycles. The zero-order valence-electron chi connectivity index (χ0n) is 10.4. The fourth-order valence-electron chi connectivity index (χ4n) is 1.73. The summed E-state index contributed by atoms with van der Waals surface area (Å²) in [6.07, 6.45) is 0. The average Bonchev–Trinajstić information content (AvgIpc) is 2.63. The fourth-order valence-corrected chi connectivity index (χ4v) is 2.07. The highest BCUT2D eigenvalue weighted by Gasteiger charge is 2.18. The lowest BCUT2D eigenvalue weighted by Gasteiger charge is -2.08. The quantitative estimate of drug-likeness (QED) is 0.922. The van der Waals surface area contributed by atoms with Gasteiger partial charge in [0.1, 0.15) is 11.3 Å². The van der Waals surface area contributed by atoms with Gasteiger partial charge in [0.05, 0.1) is 11.4 Å². The largest absolute Gasteiger partial charge is 0.361 e. The number of rotatable bonds is 2. The van der Waals surface area contributed by atoms with E-state index in [0.29, 0.717) is 17.0 Å². The lowest BCUT2D eigenvalue weighted by atomic mass is 10.1. The van der Waals surface area contributed by atoms with Crippen LogP contribution >= 0.6 is 15.9 Å². The summed E-state index contributed by atoms with van der Waals surface area (Å²) in [7, 11) is 0. The van der Waals surface area contributed by atoms with E-state index in [1.165, 1.54) is 0 Å². The van der Waals surface area contributed by atoms with Crippen LogP contribution in [0.1, 0.15) is 27.4 Å². The molecule has 5 heteroatoms. The molecule has 2 aromatic rings. The number of carbonyl (C=O) groups is 1. The third-order valence-electron chi connectivity index (χ3n) is 2.63. The van der Waals surface area contributed by atoms with Crippen molar-refractivity contribution in [3.63, 3.8) is 0 Å². The van der Waals surface area contributed by atoms with Gasteiger partial charge in [0.25, 0.3) is 5.91 Å². The molecule has 0 aliphatic rings. The minimum Gasteiger partial charge on any atom is -0.361 e. The molecule has 0 aliphatic heterocycles. The number of hydrogen-bond acceptors (Lipinski definition) is 3. The Morgan fingerprint density at radius 3 is 2.67 bits per heavy atom. The van der Waals surface area contributed by atoms with Crippen molar-refractivity contribution in [1.29, 1.82) is 0 Å². The van der Waals surface area contributed by atoms with E-state index in [-0.39, 0.29) is 5.91 Å². The highest BCUT2D eigenvalue weighted by atomic mass is 79.9. The van der Waals surface area contributed by atoms with Gasteiger partial charge in [-0.05, 0) is 54.4 Å². The number of anilines is 1. The first-order valence-electron chi connectivity index (χ1n) is 5.49. The van der Waals surface area contributed by atoms with E-state index in [9.17, 15) is 4.79 Å². The van der Waals surface area contributed by atoms with E-state index in [1.807, 2.05) is 25.1 Å². The van der Waals surface area contributed by atoms with Crippen LogP contribution in [-0.4, -0.2) is 11.1 Å². The molecule has 18 heavy (non-hydrogen) atoms. The van der Waals surface area contributed by atoms with Crippen LogP contribution in [-0.2, 0) is 0 Å². The SMILES string of the molecule is Cc1ccc(Br)c(NC(=O)c2c(C)noc2C)c1. The Bertz CT molecular complexity index is 586. The molecule has 1 amide bonds. The summed E-state index contributed by atoms with van der Waals surface area (Å²) in [6.45, 7) is 5.44. The van der Waals surface area contributed by atoms with Crippen molar-refractivity contribution in [3.05, 3.63) is 45.3 Å². The second-order valence-electron chi connectivity index (χ2n) is 4.14. The zero-order chi connectivity index (χ0) is 13.3. The summed E-state index contributed by atoms with van der Waals surface area (Å²) in [5.41, 5.74) is 2.89. The molecule has 1 aromatic carbocycles. The van der Waals surface area contributed by atoms with Gasteiger partial charge in [-0.25, -0.2) is 0 Å². The van der Waals surface area contributed by atoms with Crippen LogP contribution in [0.25, 0.3) is 0 Å². The number of nitrogens with one attached hydrogen (secondary N) is 1. The van der Waals surface area contributed by atoms with E-state index in [1.54, 1.807) is 13.8 Å². The van der Waals surface area contributed by atoms with Gasteiger partial charge in [0, 0.05) is 4.47 Å². The molecule has 0 atom stereocenters. The molecular formula is C13H13BrN2O2. The molecule has 0 saturated carbocycles. The van der Waals surface area contributed by atoms with E-state index in [4.69, 9.17) is 4.52 Å². The van der Waals surface area contributed by atoms with Gasteiger partial charge in [-0.2, -0.15) is 0 Å². The van der Waals surface area contributed by atoms with Gasteiger partial charge >= 0.3 is 0 Å². The number of benzene rings is 1. The van der Waals surface area contributed by atoms with Crippen molar-refractivity contribution >= 4 is 27.5 Å². The standard InChI is InChI=1S/C13H13BrN2O2/c1-7-4-5-10(14)11(6-7)15-13(17)12-8(2)16-18-9(12)3/h4-6H,1-3H3,(H,15,17). The van der Waals surface area contributed by atoms with Crippen LogP contribution in [0.4, 0.5) is 5.69 Å². The van der Waals surface area contributed by atoms with E-state index in [2.05, 4.69) is 26.4 Å².